The van der Waals surface area contributed by atoms with E-state index in [0.717, 1.165) is 29.8 Å². The lowest BCUT2D eigenvalue weighted by Crippen LogP contribution is -2.48. The molecule has 0 aromatic heterocycles. The van der Waals surface area contributed by atoms with E-state index >= 15 is 0 Å². The number of nitrogens with zero attached hydrogens (tertiary/aromatic N) is 1. The molecule has 4 nitrogen and oxygen atoms in total. The van der Waals surface area contributed by atoms with Gasteiger partial charge < -0.3 is 9.64 Å². The van der Waals surface area contributed by atoms with E-state index in [1.165, 1.54) is 0 Å². The van der Waals surface area contributed by atoms with Crippen molar-refractivity contribution in [3.63, 3.8) is 0 Å². The van der Waals surface area contributed by atoms with Crippen molar-refractivity contribution in [3.8, 4) is 0 Å². The van der Waals surface area contributed by atoms with Crippen LogP contribution in [-0.4, -0.2) is 42.9 Å². The molecule has 1 fully saturated rings. The summed E-state index contributed by atoms with van der Waals surface area (Å²) in [6.45, 7) is 4.46. The second-order valence-electron chi connectivity index (χ2n) is 8.98. The molecule has 3 aromatic carbocycles. The minimum Gasteiger partial charge on any atom is -0.465 e. The average Bonchev–Trinajstić information content (AvgIpc) is 2.90. The standard InChI is InChI=1S/C30H33NO3/c1-2-34-29(33)30(26-16-10-5-11-17-26)19-22-31(23-20-30)21-18-27(32)28(24-12-6-3-7-13-24)25-14-8-4-9-15-25/h3-17,28H,2,18-23H2,1H3. The zero-order valence-corrected chi connectivity index (χ0v) is 19.9. The van der Waals surface area contributed by atoms with Crippen LogP contribution in [0.4, 0.5) is 0 Å². The summed E-state index contributed by atoms with van der Waals surface area (Å²) in [5.74, 6) is -0.164. The Kier molecular flexibility index (Phi) is 7.91. The lowest BCUT2D eigenvalue weighted by molar-refractivity contribution is -0.152. The molecule has 4 rings (SSSR count). The number of carbonyl (C=O) groups is 2. The first-order chi connectivity index (χ1) is 16.6. The summed E-state index contributed by atoms with van der Waals surface area (Å²) in [6, 6.07) is 30.0. The molecule has 0 bridgehead atoms. The van der Waals surface area contributed by atoms with E-state index < -0.39 is 5.41 Å². The Morgan fingerprint density at radius 2 is 1.32 bits per heavy atom. The molecule has 1 aliphatic rings. The van der Waals surface area contributed by atoms with E-state index in [1.54, 1.807) is 0 Å². The van der Waals surface area contributed by atoms with Gasteiger partial charge in [0.2, 0.25) is 0 Å². The number of hydrogen-bond donors (Lipinski definition) is 0. The molecule has 0 radical (unpaired) electrons. The zero-order chi connectivity index (χ0) is 23.8. The molecule has 0 N–H and O–H groups in total. The first-order valence-electron chi connectivity index (χ1n) is 12.2. The van der Waals surface area contributed by atoms with Crippen molar-refractivity contribution in [1.29, 1.82) is 0 Å². The SMILES string of the molecule is CCOC(=O)C1(c2ccccc2)CCN(CCC(=O)C(c2ccccc2)c2ccccc2)CC1. The Labute approximate surface area is 202 Å². The number of ether oxygens (including phenoxy) is 1. The van der Waals surface area contributed by atoms with Crippen LogP contribution in [0.15, 0.2) is 91.0 Å². The predicted octanol–water partition coefficient (Wildman–Crippen LogP) is 5.37. The molecule has 0 amide bonds. The van der Waals surface area contributed by atoms with Crippen molar-refractivity contribution in [2.24, 2.45) is 0 Å². The number of likely N-dealkylation sites (tertiary alicyclic amines) is 1. The van der Waals surface area contributed by atoms with Gasteiger partial charge in [-0.3, -0.25) is 9.59 Å². The lowest BCUT2D eigenvalue weighted by Gasteiger charge is -2.40. The van der Waals surface area contributed by atoms with Gasteiger partial charge in [0.15, 0.2) is 0 Å². The van der Waals surface area contributed by atoms with Crippen LogP contribution >= 0.6 is 0 Å². The molecule has 0 atom stereocenters. The molecule has 176 valence electrons. The van der Waals surface area contributed by atoms with Gasteiger partial charge in [-0.25, -0.2) is 0 Å². The average molecular weight is 456 g/mol. The van der Waals surface area contributed by atoms with Gasteiger partial charge in [0.25, 0.3) is 0 Å². The number of piperidine rings is 1. The van der Waals surface area contributed by atoms with E-state index in [1.807, 2.05) is 97.9 Å². The Balaban J connectivity index is 1.43. The highest BCUT2D eigenvalue weighted by atomic mass is 16.5. The number of carbonyl (C=O) groups excluding carboxylic acids is 2. The van der Waals surface area contributed by atoms with Crippen molar-refractivity contribution >= 4 is 11.8 Å². The first kappa shape index (κ1) is 23.9. The van der Waals surface area contributed by atoms with Crippen LogP contribution in [0.1, 0.15) is 48.8 Å². The van der Waals surface area contributed by atoms with E-state index in [2.05, 4.69) is 4.90 Å². The summed E-state index contributed by atoms with van der Waals surface area (Å²) in [5, 5.41) is 0. The largest absolute Gasteiger partial charge is 0.465 e. The summed E-state index contributed by atoms with van der Waals surface area (Å²) in [4.78, 5) is 28.7. The van der Waals surface area contributed by atoms with Gasteiger partial charge in [-0.05, 0) is 49.5 Å². The van der Waals surface area contributed by atoms with Crippen LogP contribution < -0.4 is 0 Å². The van der Waals surface area contributed by atoms with Crippen molar-refractivity contribution < 1.29 is 14.3 Å². The molecule has 1 saturated heterocycles. The van der Waals surface area contributed by atoms with Gasteiger partial charge in [0.05, 0.1) is 17.9 Å². The molecular weight excluding hydrogens is 422 g/mol. The summed E-state index contributed by atoms with van der Waals surface area (Å²) in [5.41, 5.74) is 2.48. The van der Waals surface area contributed by atoms with E-state index in [4.69, 9.17) is 4.74 Å². The third-order valence-electron chi connectivity index (χ3n) is 6.96. The molecule has 34 heavy (non-hydrogen) atoms. The molecular formula is C30H33NO3. The minimum absolute atomic E-state index is 0.134. The maximum Gasteiger partial charge on any atom is 0.316 e. The van der Waals surface area contributed by atoms with Crippen molar-refractivity contribution in [1.82, 2.24) is 4.90 Å². The van der Waals surface area contributed by atoms with Crippen molar-refractivity contribution in [2.45, 2.75) is 37.5 Å². The van der Waals surface area contributed by atoms with E-state index in [0.29, 0.717) is 32.4 Å². The summed E-state index contributed by atoms with van der Waals surface area (Å²) >= 11 is 0. The third-order valence-corrected chi connectivity index (χ3v) is 6.96. The zero-order valence-electron chi connectivity index (χ0n) is 19.9. The fraction of sp³-hybridized carbons (Fsp3) is 0.333. The quantitative estimate of drug-likeness (QED) is 0.407. The summed E-state index contributed by atoms with van der Waals surface area (Å²) in [6.07, 6.45) is 1.88. The number of esters is 1. The van der Waals surface area contributed by atoms with Crippen LogP contribution in [0.3, 0.4) is 0 Å². The number of Topliss-reactive ketones (excluding diaryl/α,β-unsaturated/α-hetero) is 1. The Hall–Kier alpha value is -3.24. The molecule has 0 aliphatic carbocycles. The topological polar surface area (TPSA) is 46.6 Å². The molecule has 1 heterocycles. The van der Waals surface area contributed by atoms with Crippen LogP contribution in [-0.2, 0) is 19.7 Å². The van der Waals surface area contributed by atoms with E-state index in [9.17, 15) is 9.59 Å². The summed E-state index contributed by atoms with van der Waals surface area (Å²) in [7, 11) is 0. The van der Waals surface area contributed by atoms with Crippen LogP contribution in [0.5, 0.6) is 0 Å². The predicted molar refractivity (Wildman–Crippen MR) is 135 cm³/mol. The molecule has 0 saturated carbocycles. The lowest BCUT2D eigenvalue weighted by atomic mass is 9.72. The number of rotatable bonds is 9. The minimum atomic E-state index is -0.603. The highest BCUT2D eigenvalue weighted by molar-refractivity contribution is 5.89. The van der Waals surface area contributed by atoms with Gasteiger partial charge in [-0.2, -0.15) is 0 Å². The normalized spacial score (nSPS) is 15.7. The number of ketones is 1. The van der Waals surface area contributed by atoms with E-state index in [-0.39, 0.29) is 17.7 Å². The summed E-state index contributed by atoms with van der Waals surface area (Å²) < 4.78 is 5.49. The van der Waals surface area contributed by atoms with Crippen LogP contribution in [0.25, 0.3) is 0 Å². The van der Waals surface area contributed by atoms with Gasteiger partial charge in [-0.1, -0.05) is 91.0 Å². The van der Waals surface area contributed by atoms with Crippen molar-refractivity contribution in [2.75, 3.05) is 26.2 Å². The number of benzene rings is 3. The molecule has 1 aliphatic heterocycles. The number of hydrogen-bond acceptors (Lipinski definition) is 4. The van der Waals surface area contributed by atoms with Crippen LogP contribution in [0, 0.1) is 0 Å². The van der Waals surface area contributed by atoms with Gasteiger partial charge in [-0.15, -0.1) is 0 Å². The van der Waals surface area contributed by atoms with Crippen LogP contribution in [0.2, 0.25) is 0 Å². The smallest absolute Gasteiger partial charge is 0.316 e. The Morgan fingerprint density at radius 3 is 1.82 bits per heavy atom. The maximum atomic E-state index is 13.4. The maximum absolute atomic E-state index is 13.4. The molecule has 4 heteroatoms. The fourth-order valence-electron chi connectivity index (χ4n) is 5.06. The molecule has 0 unspecified atom stereocenters. The monoisotopic (exact) mass is 455 g/mol. The Bertz CT molecular complexity index is 1020. The second-order valence-corrected chi connectivity index (χ2v) is 8.98. The third kappa shape index (κ3) is 5.28. The fourth-order valence-corrected chi connectivity index (χ4v) is 5.06. The highest BCUT2D eigenvalue weighted by Gasteiger charge is 2.44. The Morgan fingerprint density at radius 1 is 0.824 bits per heavy atom. The van der Waals surface area contributed by atoms with Gasteiger partial charge >= 0.3 is 5.97 Å². The van der Waals surface area contributed by atoms with Gasteiger partial charge in [0, 0.05) is 13.0 Å². The molecule has 0 spiro atoms. The highest BCUT2D eigenvalue weighted by Crippen LogP contribution is 2.37. The van der Waals surface area contributed by atoms with Gasteiger partial charge in [0.1, 0.15) is 5.78 Å². The molecule has 3 aromatic rings. The van der Waals surface area contributed by atoms with Crippen molar-refractivity contribution in [3.05, 3.63) is 108 Å². The second kappa shape index (κ2) is 11.3. The first-order valence-corrected chi connectivity index (χ1v) is 12.2.